The highest BCUT2D eigenvalue weighted by molar-refractivity contribution is 6.49. The van der Waals surface area contributed by atoms with E-state index in [0.29, 0.717) is 52.6 Å². The van der Waals surface area contributed by atoms with Crippen molar-refractivity contribution in [3.63, 3.8) is 0 Å². The molecule has 4 aliphatic heterocycles. The van der Waals surface area contributed by atoms with Crippen LogP contribution in [0.5, 0.6) is 17.6 Å². The molecule has 252 valence electrons. The molecule has 2 aromatic carbocycles. The molecular weight excluding hydrogens is 638 g/mol. The first-order valence-electron chi connectivity index (χ1n) is 16.8. The van der Waals surface area contributed by atoms with E-state index in [1.165, 1.54) is 6.07 Å². The van der Waals surface area contributed by atoms with Crippen molar-refractivity contribution < 1.29 is 23.4 Å². The van der Waals surface area contributed by atoms with Gasteiger partial charge in [-0.1, -0.05) is 37.2 Å². The van der Waals surface area contributed by atoms with Gasteiger partial charge in [0.05, 0.1) is 11.6 Å². The minimum Gasteiger partial charge on any atom is -0.508 e. The van der Waals surface area contributed by atoms with Crippen LogP contribution in [-0.4, -0.2) is 87.6 Å². The zero-order valence-electron chi connectivity index (χ0n) is 27.3. The number of halogens is 3. The lowest BCUT2D eigenvalue weighted by Crippen LogP contribution is -2.63. The number of aromatic hydroxyl groups is 1. The van der Waals surface area contributed by atoms with Crippen LogP contribution in [0.4, 0.5) is 14.6 Å². The van der Waals surface area contributed by atoms with Crippen molar-refractivity contribution in [3.05, 3.63) is 47.8 Å². The van der Waals surface area contributed by atoms with Crippen LogP contribution in [0.25, 0.3) is 38.0 Å². The molecule has 0 amide bonds. The zero-order valence-corrected chi connectivity index (χ0v) is 28.1. The van der Waals surface area contributed by atoms with Gasteiger partial charge in [0.25, 0.3) is 0 Å². The van der Waals surface area contributed by atoms with Gasteiger partial charge >= 0.3 is 6.01 Å². The van der Waals surface area contributed by atoms with E-state index in [1.807, 2.05) is 19.1 Å². The number of hydrogen-bond acceptors (Lipinski definition) is 9. The van der Waals surface area contributed by atoms with E-state index in [2.05, 4.69) is 40.5 Å². The predicted molar refractivity (Wildman–Crippen MR) is 183 cm³/mol. The molecule has 4 aromatic rings. The number of aryl methyl sites for hydroxylation is 1. The minimum atomic E-state index is -0.911. The summed E-state index contributed by atoms with van der Waals surface area (Å²) in [5.41, 5.74) is 1.33. The van der Waals surface area contributed by atoms with E-state index >= 15 is 4.39 Å². The zero-order chi connectivity index (χ0) is 33.5. The van der Waals surface area contributed by atoms with Gasteiger partial charge in [0.2, 0.25) is 5.88 Å². The first-order valence-corrected chi connectivity index (χ1v) is 17.1. The first-order chi connectivity index (χ1) is 23.1. The van der Waals surface area contributed by atoms with Crippen LogP contribution < -0.4 is 19.7 Å². The van der Waals surface area contributed by atoms with Gasteiger partial charge in [0.15, 0.2) is 5.82 Å². The van der Waals surface area contributed by atoms with E-state index in [4.69, 9.17) is 31.0 Å². The minimum absolute atomic E-state index is 0.000785. The second-order valence-corrected chi connectivity index (χ2v) is 14.3. The second kappa shape index (κ2) is 11.7. The Labute approximate surface area is 282 Å². The van der Waals surface area contributed by atoms with Crippen molar-refractivity contribution >= 4 is 44.1 Å². The molecule has 5 atom stereocenters. The number of ether oxygens (including phenoxy) is 2. The topological polar surface area (TPSA) is 95.9 Å². The Morgan fingerprint density at radius 2 is 2.06 bits per heavy atom. The molecule has 2 aromatic heterocycles. The molecule has 9 nitrogen and oxygen atoms in total. The highest BCUT2D eigenvalue weighted by atomic mass is 35.5. The maximum Gasteiger partial charge on any atom is 0.319 e. The molecule has 6 heterocycles. The fourth-order valence-electron chi connectivity index (χ4n) is 8.58. The van der Waals surface area contributed by atoms with Gasteiger partial charge in [-0.3, -0.25) is 4.90 Å². The normalized spacial score (nSPS) is 26.8. The Morgan fingerprint density at radius 1 is 1.23 bits per heavy atom. The SMILES string of the molecule is C=C(Cl)c1c(C)ccc2cc(O)cc(-c3nc4c5c(nc(OC[C@@]67CCCN6C[C@H](F)C7)nc5c3F)N3C[C@@H](C)N[C@@H](CC)[C@H]3CO4)c12. The standard InChI is InChI=1S/C36H39ClF2N6O3/c1-5-25-26-16-47-34-29-32(30(39)31(41-34)24-12-23(46)11-21-8-7-18(2)27(20(4)37)28(21)24)42-35(43-33(29)45(26)14-19(3)40-25)48-17-36-9-6-10-44(36)15-22(38)13-36/h7-8,11-12,19,22,25-26,40,46H,4-6,9-10,13-17H2,1-3H3/t19-,22-,25+,26-,36+/m1/s1. The number of piperazine rings is 1. The van der Waals surface area contributed by atoms with Crippen LogP contribution in [0.1, 0.15) is 50.7 Å². The molecule has 3 saturated heterocycles. The third-order valence-corrected chi connectivity index (χ3v) is 10.9. The number of pyridine rings is 1. The van der Waals surface area contributed by atoms with Crippen LogP contribution in [0.15, 0.2) is 30.8 Å². The largest absolute Gasteiger partial charge is 0.508 e. The quantitative estimate of drug-likeness (QED) is 0.237. The van der Waals surface area contributed by atoms with Crippen LogP contribution >= 0.6 is 11.6 Å². The van der Waals surface area contributed by atoms with Crippen molar-refractivity contribution in [1.82, 2.24) is 25.2 Å². The summed E-state index contributed by atoms with van der Waals surface area (Å²) < 4.78 is 44.6. The summed E-state index contributed by atoms with van der Waals surface area (Å²) in [7, 11) is 0. The third-order valence-electron chi connectivity index (χ3n) is 10.7. The number of anilines is 1. The highest BCUT2D eigenvalue weighted by Gasteiger charge is 2.49. The summed E-state index contributed by atoms with van der Waals surface area (Å²) in [6, 6.07) is 6.95. The lowest BCUT2D eigenvalue weighted by Gasteiger charge is -2.44. The van der Waals surface area contributed by atoms with Crippen molar-refractivity contribution in [2.75, 3.05) is 37.7 Å². The number of phenols is 1. The van der Waals surface area contributed by atoms with Gasteiger partial charge in [-0.15, -0.1) is 0 Å². The van der Waals surface area contributed by atoms with Gasteiger partial charge in [-0.2, -0.15) is 9.97 Å². The highest BCUT2D eigenvalue weighted by Crippen LogP contribution is 2.46. The monoisotopic (exact) mass is 676 g/mol. The summed E-state index contributed by atoms with van der Waals surface area (Å²) in [5, 5.41) is 16.4. The smallest absolute Gasteiger partial charge is 0.319 e. The Kier molecular flexibility index (Phi) is 7.65. The molecule has 2 N–H and O–H groups in total. The van der Waals surface area contributed by atoms with Crippen molar-refractivity contribution in [3.8, 4) is 28.9 Å². The Bertz CT molecular complexity index is 1980. The number of nitrogens with one attached hydrogen (secondary N) is 1. The van der Waals surface area contributed by atoms with Crippen LogP contribution in [-0.2, 0) is 0 Å². The summed E-state index contributed by atoms with van der Waals surface area (Å²) >= 11 is 6.53. The molecule has 8 rings (SSSR count). The number of alkyl halides is 1. The molecule has 4 aliphatic rings. The number of aromatic nitrogens is 3. The summed E-state index contributed by atoms with van der Waals surface area (Å²) in [6.45, 7) is 12.4. The first kappa shape index (κ1) is 31.5. The van der Waals surface area contributed by atoms with Crippen LogP contribution in [0, 0.1) is 12.7 Å². The van der Waals surface area contributed by atoms with Crippen LogP contribution in [0.3, 0.4) is 0 Å². The molecular formula is C36H39ClF2N6O3. The van der Waals surface area contributed by atoms with Gasteiger partial charge in [0.1, 0.15) is 47.5 Å². The molecule has 0 aliphatic carbocycles. The second-order valence-electron chi connectivity index (χ2n) is 13.9. The van der Waals surface area contributed by atoms with E-state index < -0.39 is 17.5 Å². The van der Waals surface area contributed by atoms with E-state index in [9.17, 15) is 9.50 Å². The summed E-state index contributed by atoms with van der Waals surface area (Å²) in [5.74, 6) is -0.0606. The summed E-state index contributed by atoms with van der Waals surface area (Å²) in [4.78, 5) is 18.7. The predicted octanol–water partition coefficient (Wildman–Crippen LogP) is 6.50. The molecule has 0 saturated carbocycles. The van der Waals surface area contributed by atoms with E-state index in [1.54, 1.807) is 6.07 Å². The van der Waals surface area contributed by atoms with Gasteiger partial charge in [0, 0.05) is 53.1 Å². The van der Waals surface area contributed by atoms with Gasteiger partial charge < -0.3 is 24.8 Å². The fraction of sp³-hybridized carbons (Fsp3) is 0.472. The average molecular weight is 677 g/mol. The number of benzene rings is 2. The lowest BCUT2D eigenvalue weighted by molar-refractivity contribution is 0.107. The number of rotatable bonds is 6. The lowest BCUT2D eigenvalue weighted by atomic mass is 9.93. The van der Waals surface area contributed by atoms with Gasteiger partial charge in [-0.05, 0) is 62.7 Å². The Morgan fingerprint density at radius 3 is 2.85 bits per heavy atom. The molecule has 48 heavy (non-hydrogen) atoms. The third kappa shape index (κ3) is 4.96. The maximum absolute atomic E-state index is 17.2. The average Bonchev–Trinajstić information content (AvgIpc) is 3.53. The number of fused-ring (bicyclic) bond motifs is 4. The van der Waals surface area contributed by atoms with Crippen molar-refractivity contribution in [2.45, 2.75) is 76.3 Å². The number of hydrogen-bond donors (Lipinski definition) is 2. The van der Waals surface area contributed by atoms with Crippen LogP contribution in [0.2, 0.25) is 0 Å². The molecule has 3 fully saturated rings. The summed E-state index contributed by atoms with van der Waals surface area (Å²) in [6.07, 6.45) is 2.12. The number of nitrogens with zero attached hydrogens (tertiary/aromatic N) is 5. The molecule has 0 radical (unpaired) electrons. The fourth-order valence-corrected chi connectivity index (χ4v) is 8.82. The Balaban J connectivity index is 1.35. The molecule has 0 unspecified atom stereocenters. The maximum atomic E-state index is 17.2. The molecule has 0 bridgehead atoms. The van der Waals surface area contributed by atoms with E-state index in [0.717, 1.165) is 31.4 Å². The Hall–Kier alpha value is -3.80. The molecule has 12 heteroatoms. The van der Waals surface area contributed by atoms with Crippen molar-refractivity contribution in [2.24, 2.45) is 0 Å². The van der Waals surface area contributed by atoms with E-state index in [-0.39, 0.29) is 65.2 Å². The van der Waals surface area contributed by atoms with Gasteiger partial charge in [-0.25, -0.2) is 13.8 Å². The molecule has 0 spiro atoms. The number of phenolic OH excluding ortho intramolecular Hbond substituents is 1. The van der Waals surface area contributed by atoms with Crippen molar-refractivity contribution in [1.29, 1.82) is 0 Å².